The van der Waals surface area contributed by atoms with Gasteiger partial charge in [-0.05, 0) is 70.2 Å². The molecule has 1 aliphatic carbocycles. The molecule has 4 aromatic rings. The highest BCUT2D eigenvalue weighted by Gasteiger charge is 2.22. The zero-order valence-corrected chi connectivity index (χ0v) is 20.4. The van der Waals surface area contributed by atoms with Gasteiger partial charge in [-0.1, -0.05) is 61.7 Å². The van der Waals surface area contributed by atoms with Crippen LogP contribution in [0.4, 0.5) is 0 Å². The van der Waals surface area contributed by atoms with E-state index in [2.05, 4.69) is 21.0 Å². The monoisotopic (exact) mass is 515 g/mol. The molecule has 0 unspecified atom stereocenters. The van der Waals surface area contributed by atoms with Gasteiger partial charge in [0.05, 0.1) is 21.6 Å². The van der Waals surface area contributed by atoms with Crippen LogP contribution >= 0.6 is 15.9 Å². The summed E-state index contributed by atoms with van der Waals surface area (Å²) >= 11 is 3.60. The van der Waals surface area contributed by atoms with Gasteiger partial charge >= 0.3 is 0 Å². The second kappa shape index (κ2) is 10.3. The van der Waals surface area contributed by atoms with Gasteiger partial charge in [0.1, 0.15) is 18.2 Å². The Morgan fingerprint density at radius 3 is 2.56 bits per heavy atom. The molecule has 6 heteroatoms. The average Bonchev–Trinajstić information content (AvgIpc) is 2.88. The highest BCUT2D eigenvalue weighted by atomic mass is 79.9. The Morgan fingerprint density at radius 2 is 1.76 bits per heavy atom. The molecule has 1 aliphatic rings. The van der Waals surface area contributed by atoms with E-state index < -0.39 is 0 Å². The molecule has 1 fully saturated rings. The van der Waals surface area contributed by atoms with Gasteiger partial charge in [0, 0.05) is 5.92 Å². The minimum absolute atomic E-state index is 0.121. The Labute approximate surface area is 207 Å². The quantitative estimate of drug-likeness (QED) is 0.269. The lowest BCUT2D eigenvalue weighted by Crippen LogP contribution is -2.25. The van der Waals surface area contributed by atoms with Crippen molar-refractivity contribution < 1.29 is 4.74 Å². The smallest absolute Gasteiger partial charge is 0.282 e. The zero-order valence-electron chi connectivity index (χ0n) is 18.9. The molecular weight excluding hydrogens is 490 g/mol. The van der Waals surface area contributed by atoms with Crippen molar-refractivity contribution in [1.29, 1.82) is 0 Å². The molecule has 172 valence electrons. The molecule has 34 heavy (non-hydrogen) atoms. The summed E-state index contributed by atoms with van der Waals surface area (Å²) < 4.78 is 8.29. The van der Waals surface area contributed by atoms with Gasteiger partial charge in [-0.3, -0.25) is 4.79 Å². The molecule has 1 saturated carbocycles. The minimum atomic E-state index is -0.121. The van der Waals surface area contributed by atoms with E-state index in [1.54, 1.807) is 6.21 Å². The molecule has 3 aromatic carbocycles. The first-order chi connectivity index (χ1) is 16.7. The second-order valence-corrected chi connectivity index (χ2v) is 9.50. The predicted molar refractivity (Wildman–Crippen MR) is 140 cm³/mol. The van der Waals surface area contributed by atoms with E-state index in [4.69, 9.17) is 9.72 Å². The largest absolute Gasteiger partial charge is 0.488 e. The van der Waals surface area contributed by atoms with E-state index in [0.29, 0.717) is 12.0 Å². The molecule has 0 radical (unpaired) electrons. The lowest BCUT2D eigenvalue weighted by Gasteiger charge is -2.22. The van der Waals surface area contributed by atoms with Gasteiger partial charge < -0.3 is 4.74 Å². The Kier molecular flexibility index (Phi) is 6.86. The van der Waals surface area contributed by atoms with Crippen LogP contribution in [0.3, 0.4) is 0 Å². The van der Waals surface area contributed by atoms with Crippen molar-refractivity contribution in [2.45, 2.75) is 44.6 Å². The molecule has 1 heterocycles. The van der Waals surface area contributed by atoms with Crippen LogP contribution in [0, 0.1) is 0 Å². The molecule has 0 spiro atoms. The van der Waals surface area contributed by atoms with Crippen LogP contribution in [-0.4, -0.2) is 15.9 Å². The fourth-order valence-corrected chi connectivity index (χ4v) is 4.96. The molecule has 5 rings (SSSR count). The maximum atomic E-state index is 13.3. The van der Waals surface area contributed by atoms with Gasteiger partial charge in [0.2, 0.25) is 0 Å². The van der Waals surface area contributed by atoms with Crippen molar-refractivity contribution in [2.24, 2.45) is 5.10 Å². The maximum Gasteiger partial charge on any atom is 0.282 e. The number of aromatic nitrogens is 2. The summed E-state index contributed by atoms with van der Waals surface area (Å²) in [5.74, 6) is 1.78. The number of halogens is 1. The molecule has 0 bridgehead atoms. The lowest BCUT2D eigenvalue weighted by atomic mass is 9.88. The van der Waals surface area contributed by atoms with E-state index in [9.17, 15) is 4.79 Å². The third-order valence-corrected chi connectivity index (χ3v) is 6.88. The number of hydrogen-bond acceptors (Lipinski definition) is 4. The Bertz CT molecular complexity index is 1380. The Hall–Kier alpha value is -3.25. The highest BCUT2D eigenvalue weighted by Crippen LogP contribution is 2.32. The third-order valence-electron chi connectivity index (χ3n) is 6.26. The van der Waals surface area contributed by atoms with Crippen molar-refractivity contribution in [1.82, 2.24) is 9.66 Å². The Morgan fingerprint density at radius 1 is 1.00 bits per heavy atom. The summed E-state index contributed by atoms with van der Waals surface area (Å²) in [6.45, 7) is 0.496. The molecule has 5 nitrogen and oxygen atoms in total. The standard InChI is InChI=1S/C28H26BrN3O2/c29-24-17-21(15-16-26(24)34-19-20-9-3-1-4-10-20)18-30-32-27(22-11-5-2-6-12-22)31-25-14-8-7-13-23(25)28(32)33/h1,3-4,7-10,13-18,22H,2,5-6,11-12,19H2. The summed E-state index contributed by atoms with van der Waals surface area (Å²) in [5.41, 5.74) is 2.60. The van der Waals surface area contributed by atoms with Crippen LogP contribution < -0.4 is 10.3 Å². The van der Waals surface area contributed by atoms with Crippen molar-refractivity contribution in [3.63, 3.8) is 0 Å². The van der Waals surface area contributed by atoms with Crippen LogP contribution in [0.1, 0.15) is 55.0 Å². The van der Waals surface area contributed by atoms with Crippen molar-refractivity contribution in [3.05, 3.63) is 105 Å². The molecule has 0 atom stereocenters. The molecule has 0 N–H and O–H groups in total. The lowest BCUT2D eigenvalue weighted by molar-refractivity contribution is 0.304. The van der Waals surface area contributed by atoms with Crippen molar-refractivity contribution in [3.8, 4) is 5.75 Å². The fourth-order valence-electron chi connectivity index (χ4n) is 4.45. The van der Waals surface area contributed by atoms with Crippen molar-refractivity contribution in [2.75, 3.05) is 0 Å². The first kappa shape index (κ1) is 22.5. The van der Waals surface area contributed by atoms with Crippen molar-refractivity contribution >= 4 is 33.0 Å². The number of ether oxygens (including phenoxy) is 1. The molecule has 0 aliphatic heterocycles. The second-order valence-electron chi connectivity index (χ2n) is 8.65. The highest BCUT2D eigenvalue weighted by molar-refractivity contribution is 9.10. The van der Waals surface area contributed by atoms with Crippen LogP contribution in [-0.2, 0) is 6.61 Å². The van der Waals surface area contributed by atoms with E-state index in [1.165, 1.54) is 11.1 Å². The number of benzene rings is 3. The minimum Gasteiger partial charge on any atom is -0.488 e. The van der Waals surface area contributed by atoms with Crippen LogP contribution in [0.25, 0.3) is 10.9 Å². The van der Waals surface area contributed by atoms with Gasteiger partial charge in [-0.2, -0.15) is 9.78 Å². The SMILES string of the molecule is O=c1c2ccccc2nc(C2CCCCC2)n1N=Cc1ccc(OCc2ccccc2)c(Br)c1. The third kappa shape index (κ3) is 4.97. The summed E-state index contributed by atoms with van der Waals surface area (Å²) in [6.07, 6.45) is 7.36. The topological polar surface area (TPSA) is 56.5 Å². The van der Waals surface area contributed by atoms with E-state index >= 15 is 0 Å². The fraction of sp³-hybridized carbons (Fsp3) is 0.250. The zero-order chi connectivity index (χ0) is 23.3. The summed E-state index contributed by atoms with van der Waals surface area (Å²) in [5, 5.41) is 5.21. The van der Waals surface area contributed by atoms with Crippen LogP contribution in [0.2, 0.25) is 0 Å². The normalized spacial score (nSPS) is 14.6. The molecular formula is C28H26BrN3O2. The number of nitrogens with zero attached hydrogens (tertiary/aromatic N) is 3. The Balaban J connectivity index is 1.43. The van der Waals surface area contributed by atoms with Crippen LogP contribution in [0.5, 0.6) is 5.75 Å². The molecule has 0 saturated heterocycles. The first-order valence-electron chi connectivity index (χ1n) is 11.7. The number of fused-ring (bicyclic) bond motifs is 1. The van der Waals surface area contributed by atoms with Gasteiger partial charge in [0.25, 0.3) is 5.56 Å². The summed E-state index contributed by atoms with van der Waals surface area (Å²) in [6, 6.07) is 23.4. The first-order valence-corrected chi connectivity index (χ1v) is 12.5. The number of para-hydroxylation sites is 1. The maximum absolute atomic E-state index is 13.3. The van der Waals surface area contributed by atoms with Crippen LogP contribution in [0.15, 0.2) is 87.2 Å². The average molecular weight is 516 g/mol. The predicted octanol–water partition coefficient (Wildman–Crippen LogP) is 6.67. The number of hydrogen-bond donors (Lipinski definition) is 0. The molecule has 0 amide bonds. The van der Waals surface area contributed by atoms with Gasteiger partial charge in [0.15, 0.2) is 0 Å². The number of rotatable bonds is 6. The summed E-state index contributed by atoms with van der Waals surface area (Å²) in [4.78, 5) is 18.2. The summed E-state index contributed by atoms with van der Waals surface area (Å²) in [7, 11) is 0. The van der Waals surface area contributed by atoms with E-state index in [-0.39, 0.29) is 11.5 Å². The van der Waals surface area contributed by atoms with Gasteiger partial charge in [-0.15, -0.1) is 0 Å². The van der Waals surface area contributed by atoms with Gasteiger partial charge in [-0.25, -0.2) is 4.98 Å². The molecule has 1 aromatic heterocycles. The van der Waals surface area contributed by atoms with E-state index in [0.717, 1.165) is 58.4 Å². The van der Waals surface area contributed by atoms with E-state index in [1.807, 2.05) is 72.8 Å².